The van der Waals surface area contributed by atoms with Gasteiger partial charge in [-0.1, -0.05) is 40.5 Å². The summed E-state index contributed by atoms with van der Waals surface area (Å²) in [6.07, 6.45) is -1.85. The van der Waals surface area contributed by atoms with Crippen LogP contribution in [0.4, 0.5) is 0 Å². The molecular formula is C32H57N9O13S. The van der Waals surface area contributed by atoms with Crippen molar-refractivity contribution >= 4 is 65.9 Å². The Hall–Kier alpha value is -4.58. The largest absolute Gasteiger partial charge is 0.480 e. The van der Waals surface area contributed by atoms with Crippen molar-refractivity contribution in [3.8, 4) is 0 Å². The number of primary amides is 1. The molecule has 11 atom stereocenters. The Labute approximate surface area is 323 Å². The molecule has 22 nitrogen and oxygen atoms in total. The van der Waals surface area contributed by atoms with Gasteiger partial charge in [-0.15, -0.1) is 0 Å². The lowest BCUT2D eigenvalue weighted by atomic mass is 9.96. The smallest absolute Gasteiger partial charge is 0.328 e. The molecule has 0 heterocycles. The maximum absolute atomic E-state index is 13.6. The van der Waals surface area contributed by atoms with Crippen LogP contribution in [0.5, 0.6) is 0 Å². The van der Waals surface area contributed by atoms with Gasteiger partial charge in [0, 0.05) is 5.75 Å². The number of aliphatic hydroxyl groups excluding tert-OH is 3. The second kappa shape index (κ2) is 24.8. The first-order valence-electron chi connectivity index (χ1n) is 17.5. The summed E-state index contributed by atoms with van der Waals surface area (Å²) in [5, 5.41) is 54.5. The minimum absolute atomic E-state index is 0.291. The molecule has 23 heteroatoms. The first kappa shape index (κ1) is 50.4. The van der Waals surface area contributed by atoms with E-state index in [0.29, 0.717) is 12.8 Å². The summed E-state index contributed by atoms with van der Waals surface area (Å²) in [5.41, 5.74) is 10.8. The van der Waals surface area contributed by atoms with E-state index in [4.69, 9.17) is 11.5 Å². The standard InChI is InChI=1S/C32H57N9O13S/c1-7-13(3)22(39-28(49)20(12-55)38-27(48)18(10-42)36-25(46)15(5)33)29(50)35-17(9-21(34)45)26(47)41-24(16(6)44)31(52)40-23(14(4)8-2)30(51)37-19(11-43)32(53)54/h13-20,22-24,42-44,55H,7-12,33H2,1-6H3,(H2,34,45)(H,35,50)(H,36,46)(H,37,51)(H,38,48)(H,39,49)(H,40,52)(H,41,47)(H,53,54)/t13-,14-,15-,16+,17-,18-,19-,20-,22-,23-,24-/m0/s1. The minimum Gasteiger partial charge on any atom is -0.480 e. The van der Waals surface area contributed by atoms with Gasteiger partial charge in [0.1, 0.15) is 42.3 Å². The highest BCUT2D eigenvalue weighted by Crippen LogP contribution is 2.12. The van der Waals surface area contributed by atoms with E-state index in [9.17, 15) is 63.6 Å². The van der Waals surface area contributed by atoms with Crippen molar-refractivity contribution in [3.05, 3.63) is 0 Å². The Kier molecular flexibility index (Phi) is 22.7. The molecule has 0 aliphatic rings. The number of thiol groups is 1. The molecule has 0 spiro atoms. The van der Waals surface area contributed by atoms with Gasteiger partial charge in [-0.05, 0) is 25.7 Å². The Morgan fingerprint density at radius 1 is 0.564 bits per heavy atom. The zero-order chi connectivity index (χ0) is 42.7. The molecule has 0 aliphatic heterocycles. The van der Waals surface area contributed by atoms with Gasteiger partial charge in [-0.3, -0.25) is 38.4 Å². The van der Waals surface area contributed by atoms with Gasteiger partial charge in [0.25, 0.3) is 0 Å². The molecule has 0 aromatic heterocycles. The van der Waals surface area contributed by atoms with E-state index in [1.54, 1.807) is 27.7 Å². The third-order valence-electron chi connectivity index (χ3n) is 8.53. The first-order chi connectivity index (χ1) is 25.6. The molecule has 0 saturated heterocycles. The third-order valence-corrected chi connectivity index (χ3v) is 8.89. The van der Waals surface area contributed by atoms with Gasteiger partial charge in [-0.25, -0.2) is 4.79 Å². The van der Waals surface area contributed by atoms with Crippen LogP contribution in [0.2, 0.25) is 0 Å². The van der Waals surface area contributed by atoms with Crippen molar-refractivity contribution < 1.29 is 63.6 Å². The number of carbonyl (C=O) groups is 9. The lowest BCUT2D eigenvalue weighted by Crippen LogP contribution is -2.63. The number of carboxylic acid groups (broad SMARTS) is 1. The molecule has 0 aromatic carbocycles. The van der Waals surface area contributed by atoms with Crippen LogP contribution in [-0.4, -0.2) is 147 Å². The SMILES string of the molecule is CC[C@H](C)[C@H](NC(=O)[C@H](CS)NC(=O)[C@H](CO)NC(=O)[C@H](C)N)C(=O)N[C@@H](CC(N)=O)C(=O)N[C@H](C(=O)N[C@H](C(=O)N[C@@H](CO)C(=O)O)[C@@H](C)CC)[C@@H](C)O. The number of carboxylic acids is 1. The zero-order valence-electron chi connectivity index (χ0n) is 31.7. The van der Waals surface area contributed by atoms with Gasteiger partial charge < -0.3 is 69.1 Å². The van der Waals surface area contributed by atoms with Crippen molar-refractivity contribution in [1.29, 1.82) is 0 Å². The maximum Gasteiger partial charge on any atom is 0.328 e. The second-order valence-electron chi connectivity index (χ2n) is 13.1. The van der Waals surface area contributed by atoms with Gasteiger partial charge >= 0.3 is 5.97 Å². The molecule has 0 radical (unpaired) electrons. The molecular weight excluding hydrogens is 750 g/mol. The highest BCUT2D eigenvalue weighted by molar-refractivity contribution is 7.80. The van der Waals surface area contributed by atoms with Crippen LogP contribution in [0, 0.1) is 11.8 Å². The summed E-state index contributed by atoms with van der Waals surface area (Å²) in [6, 6.07) is -11.9. The zero-order valence-corrected chi connectivity index (χ0v) is 32.6. The van der Waals surface area contributed by atoms with Gasteiger partial charge in [0.05, 0.1) is 31.8 Å². The number of nitrogens with one attached hydrogen (secondary N) is 7. The van der Waals surface area contributed by atoms with Gasteiger partial charge in [-0.2, -0.15) is 12.6 Å². The maximum atomic E-state index is 13.6. The number of rotatable bonds is 25. The van der Waals surface area contributed by atoms with Crippen LogP contribution in [0.1, 0.15) is 60.8 Å². The summed E-state index contributed by atoms with van der Waals surface area (Å²) in [7, 11) is 0. The highest BCUT2D eigenvalue weighted by atomic mass is 32.1. The fourth-order valence-corrected chi connectivity index (χ4v) is 4.90. The van der Waals surface area contributed by atoms with E-state index in [0.717, 1.165) is 6.92 Å². The van der Waals surface area contributed by atoms with E-state index < -0.39 is 139 Å². The Morgan fingerprint density at radius 3 is 1.31 bits per heavy atom. The number of aliphatic hydroxyl groups is 3. The lowest BCUT2D eigenvalue weighted by molar-refractivity contribution is -0.144. The molecule has 0 saturated carbocycles. The fraction of sp³-hybridized carbons (Fsp3) is 0.719. The molecule has 0 rings (SSSR count). The van der Waals surface area contributed by atoms with Crippen LogP contribution in [-0.2, 0) is 43.2 Å². The van der Waals surface area contributed by atoms with Crippen molar-refractivity contribution in [2.75, 3.05) is 19.0 Å². The molecule has 0 bridgehead atoms. The number of aliphatic carboxylic acids is 1. The van der Waals surface area contributed by atoms with E-state index in [2.05, 4.69) is 49.8 Å². The van der Waals surface area contributed by atoms with Crippen LogP contribution in [0.25, 0.3) is 0 Å². The van der Waals surface area contributed by atoms with E-state index in [1.807, 2.05) is 0 Å². The van der Waals surface area contributed by atoms with Crippen LogP contribution in [0.3, 0.4) is 0 Å². The molecule has 0 unspecified atom stereocenters. The average Bonchev–Trinajstić information content (AvgIpc) is 3.12. The van der Waals surface area contributed by atoms with E-state index >= 15 is 0 Å². The Bertz CT molecular complexity index is 1370. The minimum atomic E-state index is -1.79. The number of carbonyl (C=O) groups excluding carboxylic acids is 8. The second-order valence-corrected chi connectivity index (χ2v) is 13.4. The van der Waals surface area contributed by atoms with E-state index in [1.165, 1.54) is 6.92 Å². The summed E-state index contributed by atoms with van der Waals surface area (Å²) in [6.45, 7) is 7.17. The number of hydrogen-bond donors (Lipinski definition) is 14. The highest BCUT2D eigenvalue weighted by Gasteiger charge is 2.37. The van der Waals surface area contributed by atoms with E-state index in [-0.39, 0.29) is 5.75 Å². The first-order valence-corrected chi connectivity index (χ1v) is 18.1. The molecule has 0 aliphatic carbocycles. The normalized spacial score (nSPS) is 17.1. The summed E-state index contributed by atoms with van der Waals surface area (Å²) >= 11 is 4.08. The quantitative estimate of drug-likeness (QED) is 0.0382. The predicted octanol–water partition coefficient (Wildman–Crippen LogP) is -5.93. The number of nitrogens with two attached hydrogens (primary N) is 2. The monoisotopic (exact) mass is 807 g/mol. The Morgan fingerprint density at radius 2 is 0.927 bits per heavy atom. The number of amides is 8. The molecule has 8 amide bonds. The fourth-order valence-electron chi connectivity index (χ4n) is 4.64. The lowest BCUT2D eigenvalue weighted by Gasteiger charge is -2.30. The predicted molar refractivity (Wildman–Crippen MR) is 197 cm³/mol. The van der Waals surface area contributed by atoms with Gasteiger partial charge in [0.15, 0.2) is 0 Å². The van der Waals surface area contributed by atoms with Crippen LogP contribution >= 0.6 is 12.6 Å². The van der Waals surface area contributed by atoms with Crippen molar-refractivity contribution in [2.24, 2.45) is 23.3 Å². The van der Waals surface area contributed by atoms with Crippen LogP contribution < -0.4 is 48.7 Å². The topological polar surface area (TPSA) is 371 Å². The van der Waals surface area contributed by atoms with Gasteiger partial charge in [0.2, 0.25) is 47.3 Å². The van der Waals surface area contributed by atoms with Crippen LogP contribution in [0.15, 0.2) is 0 Å². The molecule has 15 N–H and O–H groups in total. The average molecular weight is 808 g/mol. The van der Waals surface area contributed by atoms with Crippen molar-refractivity contribution in [2.45, 2.75) is 115 Å². The molecule has 0 fully saturated rings. The Balaban J connectivity index is 6.21. The summed E-state index contributed by atoms with van der Waals surface area (Å²) in [4.78, 5) is 115. The number of hydrogen-bond acceptors (Lipinski definition) is 14. The van der Waals surface area contributed by atoms with Crippen molar-refractivity contribution in [1.82, 2.24) is 37.2 Å². The molecule has 55 heavy (non-hydrogen) atoms. The summed E-state index contributed by atoms with van der Waals surface area (Å²) < 4.78 is 0. The summed E-state index contributed by atoms with van der Waals surface area (Å²) in [5.74, 6) is -11.0. The molecule has 0 aromatic rings. The third kappa shape index (κ3) is 16.8. The molecule has 314 valence electrons. The van der Waals surface area contributed by atoms with Crippen molar-refractivity contribution in [3.63, 3.8) is 0 Å².